The molecule has 5 nitrogen and oxygen atoms in total. The number of carbonyl (C=O) groups excluding carboxylic acids is 1. The van der Waals surface area contributed by atoms with Crippen molar-refractivity contribution in [3.8, 4) is 0 Å². The molecule has 1 amide bonds. The molecule has 1 aromatic heterocycles. The minimum atomic E-state index is -4.53. The third-order valence-electron chi connectivity index (χ3n) is 5.24. The normalized spacial score (nSPS) is 18.0. The van der Waals surface area contributed by atoms with Gasteiger partial charge >= 0.3 is 6.18 Å². The molecule has 3 aromatic rings. The van der Waals surface area contributed by atoms with Gasteiger partial charge in [0.15, 0.2) is 0 Å². The predicted octanol–water partition coefficient (Wildman–Crippen LogP) is 6.50. The Morgan fingerprint density at radius 3 is 2.59 bits per heavy atom. The molecule has 4 rings (SSSR count). The maximum absolute atomic E-state index is 13.6. The third-order valence-corrected chi connectivity index (χ3v) is 6.39. The molecule has 10 heteroatoms. The first-order valence-corrected chi connectivity index (χ1v) is 11.5. The number of aromatic nitrogens is 2. The second-order valence-corrected chi connectivity index (χ2v) is 9.12. The van der Waals surface area contributed by atoms with Gasteiger partial charge in [0.05, 0.1) is 9.13 Å². The molecule has 0 spiro atoms. The van der Waals surface area contributed by atoms with Crippen LogP contribution < -0.4 is 10.6 Å². The predicted molar refractivity (Wildman–Crippen MR) is 134 cm³/mol. The number of rotatable bonds is 5. The summed E-state index contributed by atoms with van der Waals surface area (Å²) in [5.74, 6) is -0.153. The van der Waals surface area contributed by atoms with Crippen LogP contribution in [0.15, 0.2) is 84.3 Å². The lowest BCUT2D eigenvalue weighted by molar-refractivity contribution is -0.137. The number of alkyl halides is 3. The number of allylic oxidation sites excluding steroid dienone is 2. The highest BCUT2D eigenvalue weighted by Crippen LogP contribution is 2.39. The van der Waals surface area contributed by atoms with E-state index in [0.717, 1.165) is 17.7 Å². The summed E-state index contributed by atoms with van der Waals surface area (Å²) in [4.78, 5) is 21.8. The molecule has 0 fully saturated rings. The first kappa shape index (κ1) is 24.2. The molecular weight excluding hydrogens is 580 g/mol. The largest absolute Gasteiger partial charge is 0.416 e. The van der Waals surface area contributed by atoms with Gasteiger partial charge in [0.2, 0.25) is 0 Å². The molecule has 2 aromatic carbocycles. The number of benzene rings is 2. The summed E-state index contributed by atoms with van der Waals surface area (Å²) in [6.07, 6.45) is 1.74. The first-order chi connectivity index (χ1) is 16.2. The lowest BCUT2D eigenvalue weighted by Crippen LogP contribution is -2.49. The van der Waals surface area contributed by atoms with Gasteiger partial charge in [-0.3, -0.25) is 4.79 Å². The van der Waals surface area contributed by atoms with Crippen molar-refractivity contribution < 1.29 is 18.0 Å². The maximum Gasteiger partial charge on any atom is 0.416 e. The molecule has 34 heavy (non-hydrogen) atoms. The van der Waals surface area contributed by atoms with E-state index in [9.17, 15) is 18.0 Å². The fraction of sp³-hybridized carbons (Fsp3) is 0.125. The second kappa shape index (κ2) is 9.75. The van der Waals surface area contributed by atoms with Crippen molar-refractivity contribution in [1.82, 2.24) is 9.97 Å². The number of anilines is 2. The molecule has 0 aliphatic heterocycles. The zero-order valence-corrected chi connectivity index (χ0v) is 20.3. The van der Waals surface area contributed by atoms with Crippen LogP contribution in [-0.2, 0) is 11.0 Å². The van der Waals surface area contributed by atoms with E-state index in [1.54, 1.807) is 18.3 Å². The Labute approximate surface area is 212 Å². The minimum Gasteiger partial charge on any atom is -0.352 e. The molecule has 1 aliphatic rings. The molecule has 0 bridgehead atoms. The number of nitrogens with zero attached hydrogens (tertiary/aromatic N) is 2. The molecule has 0 saturated heterocycles. The zero-order valence-electron chi connectivity index (χ0n) is 17.4. The highest BCUT2D eigenvalue weighted by molar-refractivity contribution is 14.1. The average molecular weight is 597 g/mol. The number of carbonyl (C=O) groups is 1. The lowest BCUT2D eigenvalue weighted by atomic mass is 9.82. The first-order valence-electron chi connectivity index (χ1n) is 10.0. The number of halogens is 5. The standard InChI is InChI=1S/C24H17ClF3IN4O/c25-19-9-10-23(33-21-20(29)13-30-14-31-21,12-18(19)15-5-2-1-3-6-15)22(34)32-17-8-4-7-16(11-17)24(26,27)28/h1-11,13-14H,12H2,(H,32,34)(H,30,31,33). The Morgan fingerprint density at radius 1 is 1.12 bits per heavy atom. The second-order valence-electron chi connectivity index (χ2n) is 7.55. The molecule has 0 saturated carbocycles. The quantitative estimate of drug-likeness (QED) is 0.330. The molecule has 0 radical (unpaired) electrons. The van der Waals surface area contributed by atoms with Gasteiger partial charge in [-0.15, -0.1) is 0 Å². The van der Waals surface area contributed by atoms with Gasteiger partial charge in [0.25, 0.3) is 5.91 Å². The van der Waals surface area contributed by atoms with Gasteiger partial charge in [-0.1, -0.05) is 48.0 Å². The van der Waals surface area contributed by atoms with Gasteiger partial charge in [-0.25, -0.2) is 9.97 Å². The van der Waals surface area contributed by atoms with Gasteiger partial charge < -0.3 is 10.6 Å². The summed E-state index contributed by atoms with van der Waals surface area (Å²) in [7, 11) is 0. The molecule has 1 aliphatic carbocycles. The van der Waals surface area contributed by atoms with Crippen LogP contribution in [0.25, 0.3) is 5.57 Å². The summed E-state index contributed by atoms with van der Waals surface area (Å²) in [5.41, 5.74) is -0.683. The van der Waals surface area contributed by atoms with Crippen molar-refractivity contribution in [3.05, 3.63) is 99.0 Å². The van der Waals surface area contributed by atoms with Gasteiger partial charge in [-0.05, 0) is 64.1 Å². The Bertz CT molecular complexity index is 1280. The molecular formula is C24H17ClF3IN4O. The van der Waals surface area contributed by atoms with E-state index in [2.05, 4.69) is 20.6 Å². The minimum absolute atomic E-state index is 0.0219. The zero-order chi connectivity index (χ0) is 24.3. The molecule has 1 heterocycles. The van der Waals surface area contributed by atoms with E-state index in [-0.39, 0.29) is 12.1 Å². The van der Waals surface area contributed by atoms with Crippen molar-refractivity contribution in [1.29, 1.82) is 0 Å². The fourth-order valence-corrected chi connectivity index (χ4v) is 4.22. The Kier molecular flexibility index (Phi) is 6.94. The highest BCUT2D eigenvalue weighted by atomic mass is 127. The maximum atomic E-state index is 13.6. The molecule has 1 atom stereocenters. The van der Waals surface area contributed by atoms with E-state index in [1.807, 2.05) is 52.9 Å². The van der Waals surface area contributed by atoms with E-state index in [0.29, 0.717) is 20.0 Å². The van der Waals surface area contributed by atoms with Crippen molar-refractivity contribution >= 4 is 57.2 Å². The topological polar surface area (TPSA) is 66.9 Å². The SMILES string of the molecule is O=C(Nc1cccc(C(F)(F)F)c1)C1(Nc2ncncc2I)C=CC(Cl)=C(c2ccccc2)C1. The van der Waals surface area contributed by atoms with Crippen LogP contribution in [-0.4, -0.2) is 21.4 Å². The number of hydrogen-bond acceptors (Lipinski definition) is 4. The summed E-state index contributed by atoms with van der Waals surface area (Å²) in [6.45, 7) is 0. The summed E-state index contributed by atoms with van der Waals surface area (Å²) >= 11 is 8.53. The van der Waals surface area contributed by atoms with Crippen LogP contribution in [0, 0.1) is 3.57 Å². The lowest BCUT2D eigenvalue weighted by Gasteiger charge is -2.35. The fourth-order valence-electron chi connectivity index (χ4n) is 3.55. The Hall–Kier alpha value is -2.92. The number of amides is 1. The average Bonchev–Trinajstić information content (AvgIpc) is 2.82. The smallest absolute Gasteiger partial charge is 0.352 e. The van der Waals surface area contributed by atoms with E-state index >= 15 is 0 Å². The van der Waals surface area contributed by atoms with Crippen LogP contribution in [0.3, 0.4) is 0 Å². The van der Waals surface area contributed by atoms with Crippen molar-refractivity contribution in [2.24, 2.45) is 0 Å². The Morgan fingerprint density at radius 2 is 1.88 bits per heavy atom. The van der Waals surface area contributed by atoms with Gasteiger partial charge in [-0.2, -0.15) is 13.2 Å². The van der Waals surface area contributed by atoms with Crippen LogP contribution in [0.5, 0.6) is 0 Å². The van der Waals surface area contributed by atoms with Gasteiger partial charge in [0.1, 0.15) is 17.7 Å². The van der Waals surface area contributed by atoms with E-state index < -0.39 is 23.2 Å². The summed E-state index contributed by atoms with van der Waals surface area (Å²) in [6, 6.07) is 13.8. The highest BCUT2D eigenvalue weighted by Gasteiger charge is 2.41. The van der Waals surface area contributed by atoms with Crippen LogP contribution in [0.4, 0.5) is 24.7 Å². The van der Waals surface area contributed by atoms with Crippen LogP contribution >= 0.6 is 34.2 Å². The summed E-state index contributed by atoms with van der Waals surface area (Å²) < 4.78 is 40.2. The van der Waals surface area contributed by atoms with Crippen LogP contribution in [0.1, 0.15) is 17.5 Å². The van der Waals surface area contributed by atoms with E-state index in [4.69, 9.17) is 11.6 Å². The van der Waals surface area contributed by atoms with E-state index in [1.165, 1.54) is 18.5 Å². The molecule has 2 N–H and O–H groups in total. The van der Waals surface area contributed by atoms with Crippen molar-refractivity contribution in [3.63, 3.8) is 0 Å². The number of hydrogen-bond donors (Lipinski definition) is 2. The summed E-state index contributed by atoms with van der Waals surface area (Å²) in [5, 5.41) is 6.27. The van der Waals surface area contributed by atoms with Crippen molar-refractivity contribution in [2.45, 2.75) is 18.1 Å². The third kappa shape index (κ3) is 5.25. The monoisotopic (exact) mass is 596 g/mol. The number of nitrogens with one attached hydrogen (secondary N) is 2. The van der Waals surface area contributed by atoms with Gasteiger partial charge in [0, 0.05) is 23.3 Å². The molecule has 1 unspecified atom stereocenters. The molecule has 174 valence electrons. The van der Waals surface area contributed by atoms with Crippen molar-refractivity contribution in [2.75, 3.05) is 10.6 Å². The van der Waals surface area contributed by atoms with Crippen LogP contribution in [0.2, 0.25) is 0 Å². The Balaban J connectivity index is 1.73.